The Morgan fingerprint density at radius 1 is 1.37 bits per heavy atom. The zero-order valence-electron chi connectivity index (χ0n) is 11.7. The molecule has 0 saturated heterocycles. The van der Waals surface area contributed by atoms with E-state index in [2.05, 4.69) is 4.98 Å². The molecule has 0 saturated carbocycles. The van der Waals surface area contributed by atoms with Crippen LogP contribution < -0.4 is 0 Å². The molecule has 0 atom stereocenters. The number of amides is 1. The van der Waals surface area contributed by atoms with Gasteiger partial charge in [-0.25, -0.2) is 9.59 Å². The topological polar surface area (TPSA) is 82.6 Å². The Kier molecular flexibility index (Phi) is 4.58. The molecule has 19 heavy (non-hydrogen) atoms. The van der Waals surface area contributed by atoms with E-state index in [-0.39, 0.29) is 6.54 Å². The van der Waals surface area contributed by atoms with Gasteiger partial charge < -0.3 is 14.8 Å². The van der Waals surface area contributed by atoms with Crippen LogP contribution in [0.2, 0.25) is 0 Å². The average molecular weight is 268 g/mol. The van der Waals surface area contributed by atoms with E-state index in [1.165, 1.54) is 4.90 Å². The molecule has 0 aliphatic rings. The second kappa shape index (κ2) is 5.77. The predicted molar refractivity (Wildman–Crippen MR) is 70.1 cm³/mol. The van der Waals surface area contributed by atoms with Crippen LogP contribution in [0.5, 0.6) is 0 Å². The van der Waals surface area contributed by atoms with Crippen LogP contribution in [0.15, 0.2) is 12.1 Å². The minimum absolute atomic E-state index is 0.193. The summed E-state index contributed by atoms with van der Waals surface area (Å²) in [5, 5.41) is 9.19. The normalized spacial score (nSPS) is 11.2. The molecule has 2 N–H and O–H groups in total. The Balaban J connectivity index is 2.82. The molecule has 0 aromatic carbocycles. The number of carbonyl (C=O) groups is 2. The van der Waals surface area contributed by atoms with Gasteiger partial charge in [-0.1, -0.05) is 0 Å². The quantitative estimate of drug-likeness (QED) is 0.822. The van der Waals surface area contributed by atoms with Gasteiger partial charge in [0.25, 0.3) is 0 Å². The maximum atomic E-state index is 11.5. The van der Waals surface area contributed by atoms with Crippen LogP contribution in [0, 0.1) is 0 Å². The number of nitrogens with one attached hydrogen (secondary N) is 1. The standard InChI is InChI=1S/C13H20N2O4/c1-5-19-11(16)10-7-6-9(14-10)8-15(12(17)18)13(2,3)4/h6-7,14H,5,8H2,1-4H3,(H,17,18). The van der Waals surface area contributed by atoms with Crippen LogP contribution in [0.1, 0.15) is 43.9 Å². The van der Waals surface area contributed by atoms with Gasteiger partial charge in [0.15, 0.2) is 0 Å². The highest BCUT2D eigenvalue weighted by atomic mass is 16.5. The summed E-state index contributed by atoms with van der Waals surface area (Å²) in [4.78, 5) is 26.9. The van der Waals surface area contributed by atoms with Gasteiger partial charge in [-0.15, -0.1) is 0 Å². The molecule has 1 heterocycles. The van der Waals surface area contributed by atoms with E-state index in [1.807, 2.05) is 20.8 Å². The lowest BCUT2D eigenvalue weighted by Gasteiger charge is -2.32. The summed E-state index contributed by atoms with van der Waals surface area (Å²) >= 11 is 0. The number of rotatable bonds is 4. The predicted octanol–water partition coefficient (Wildman–Crippen LogP) is 2.47. The van der Waals surface area contributed by atoms with Crippen molar-refractivity contribution in [3.8, 4) is 0 Å². The first-order valence-corrected chi connectivity index (χ1v) is 6.11. The van der Waals surface area contributed by atoms with Crippen LogP contribution >= 0.6 is 0 Å². The Morgan fingerprint density at radius 2 is 2.00 bits per heavy atom. The number of carbonyl (C=O) groups excluding carboxylic acids is 1. The van der Waals surface area contributed by atoms with Crippen LogP contribution in [0.3, 0.4) is 0 Å². The van der Waals surface area contributed by atoms with Gasteiger partial charge >= 0.3 is 12.1 Å². The number of ether oxygens (including phenoxy) is 1. The molecular formula is C13H20N2O4. The van der Waals surface area contributed by atoms with Gasteiger partial charge in [0.05, 0.1) is 13.2 Å². The van der Waals surface area contributed by atoms with Crippen molar-refractivity contribution in [3.63, 3.8) is 0 Å². The third kappa shape index (κ3) is 4.01. The molecule has 0 spiro atoms. The molecule has 6 nitrogen and oxygen atoms in total. The Morgan fingerprint density at radius 3 is 2.47 bits per heavy atom. The first kappa shape index (κ1) is 15.1. The minimum atomic E-state index is -1.00. The number of nitrogens with zero attached hydrogens (tertiary/aromatic N) is 1. The highest BCUT2D eigenvalue weighted by molar-refractivity contribution is 5.87. The number of hydrogen-bond donors (Lipinski definition) is 2. The highest BCUT2D eigenvalue weighted by Gasteiger charge is 2.26. The fraction of sp³-hybridized carbons (Fsp3) is 0.538. The fourth-order valence-corrected chi connectivity index (χ4v) is 1.62. The zero-order chi connectivity index (χ0) is 14.6. The minimum Gasteiger partial charge on any atom is -0.465 e. The molecule has 106 valence electrons. The number of aromatic amines is 1. The first-order valence-electron chi connectivity index (χ1n) is 6.11. The van der Waals surface area contributed by atoms with Gasteiger partial charge in [0.1, 0.15) is 5.69 Å². The van der Waals surface area contributed by atoms with Gasteiger partial charge in [-0.05, 0) is 39.8 Å². The first-order chi connectivity index (χ1) is 8.75. The number of hydrogen-bond acceptors (Lipinski definition) is 3. The second-order valence-electron chi connectivity index (χ2n) is 5.16. The van der Waals surface area contributed by atoms with Crippen LogP contribution in [0.4, 0.5) is 4.79 Å². The Labute approximate surface area is 112 Å². The van der Waals surface area contributed by atoms with Crippen molar-refractivity contribution < 1.29 is 19.4 Å². The highest BCUT2D eigenvalue weighted by Crippen LogP contribution is 2.17. The fourth-order valence-electron chi connectivity index (χ4n) is 1.62. The average Bonchev–Trinajstić information content (AvgIpc) is 2.72. The summed E-state index contributed by atoms with van der Waals surface area (Å²) in [5.41, 5.74) is 0.470. The maximum Gasteiger partial charge on any atom is 0.408 e. The van der Waals surface area contributed by atoms with Crippen molar-refractivity contribution >= 4 is 12.1 Å². The van der Waals surface area contributed by atoms with E-state index < -0.39 is 17.6 Å². The Hall–Kier alpha value is -1.98. The molecule has 0 aliphatic heterocycles. The molecule has 0 aliphatic carbocycles. The molecule has 0 radical (unpaired) electrons. The second-order valence-corrected chi connectivity index (χ2v) is 5.16. The largest absolute Gasteiger partial charge is 0.465 e. The lowest BCUT2D eigenvalue weighted by atomic mass is 10.1. The van der Waals surface area contributed by atoms with Crippen molar-refractivity contribution in [1.29, 1.82) is 0 Å². The van der Waals surface area contributed by atoms with Crippen molar-refractivity contribution in [3.05, 3.63) is 23.5 Å². The van der Waals surface area contributed by atoms with Gasteiger partial charge in [0, 0.05) is 11.2 Å². The smallest absolute Gasteiger partial charge is 0.408 e. The maximum absolute atomic E-state index is 11.5. The molecule has 0 unspecified atom stereocenters. The van der Waals surface area contributed by atoms with Gasteiger partial charge in [-0.3, -0.25) is 4.90 Å². The summed E-state index contributed by atoms with van der Waals surface area (Å²) in [6, 6.07) is 3.28. The summed E-state index contributed by atoms with van der Waals surface area (Å²) in [6.07, 6.45) is -1.00. The van der Waals surface area contributed by atoms with E-state index in [9.17, 15) is 14.7 Å². The van der Waals surface area contributed by atoms with Crippen LogP contribution in [-0.2, 0) is 11.3 Å². The van der Waals surface area contributed by atoms with Crippen molar-refractivity contribution in [2.24, 2.45) is 0 Å². The third-order valence-electron chi connectivity index (χ3n) is 2.61. The van der Waals surface area contributed by atoms with Gasteiger partial charge in [0.2, 0.25) is 0 Å². The third-order valence-corrected chi connectivity index (χ3v) is 2.61. The monoisotopic (exact) mass is 268 g/mol. The number of H-pyrrole nitrogens is 1. The van der Waals surface area contributed by atoms with E-state index in [4.69, 9.17) is 4.74 Å². The van der Waals surface area contributed by atoms with E-state index in [1.54, 1.807) is 19.1 Å². The van der Waals surface area contributed by atoms with E-state index in [0.717, 1.165) is 0 Å². The molecule has 1 aromatic rings. The zero-order valence-corrected chi connectivity index (χ0v) is 11.7. The summed E-state index contributed by atoms with van der Waals surface area (Å²) in [6.45, 7) is 7.67. The lowest BCUT2D eigenvalue weighted by molar-refractivity contribution is 0.0520. The van der Waals surface area contributed by atoms with Gasteiger partial charge in [-0.2, -0.15) is 0 Å². The van der Waals surface area contributed by atoms with Crippen molar-refractivity contribution in [2.75, 3.05) is 6.61 Å². The van der Waals surface area contributed by atoms with Crippen LogP contribution in [0.25, 0.3) is 0 Å². The van der Waals surface area contributed by atoms with Crippen molar-refractivity contribution in [2.45, 2.75) is 39.8 Å². The Bertz CT molecular complexity index is 459. The van der Waals surface area contributed by atoms with E-state index in [0.29, 0.717) is 18.0 Å². The van der Waals surface area contributed by atoms with E-state index >= 15 is 0 Å². The summed E-state index contributed by atoms with van der Waals surface area (Å²) in [7, 11) is 0. The molecular weight excluding hydrogens is 248 g/mol. The molecule has 0 bridgehead atoms. The molecule has 1 rings (SSSR count). The lowest BCUT2D eigenvalue weighted by Crippen LogP contribution is -2.44. The molecule has 1 aromatic heterocycles. The molecule has 6 heteroatoms. The van der Waals surface area contributed by atoms with Crippen molar-refractivity contribution in [1.82, 2.24) is 9.88 Å². The number of esters is 1. The molecule has 0 fully saturated rings. The summed E-state index contributed by atoms with van der Waals surface area (Å²) < 4.78 is 4.86. The molecule has 1 amide bonds. The summed E-state index contributed by atoms with van der Waals surface area (Å²) in [5.74, 6) is -0.439. The SMILES string of the molecule is CCOC(=O)c1ccc(CN(C(=O)O)C(C)(C)C)[nH]1. The van der Waals surface area contributed by atoms with Crippen LogP contribution in [-0.4, -0.2) is 39.2 Å². The number of carboxylic acid groups (broad SMARTS) is 1. The number of aromatic nitrogens is 1.